The standard InChI is InChI=1S/C26H29FN4O4.C2H6/c1-4-21(26(33)31(16-32)15-18-9-12-20(34-2)14-23(18)35-3)24-22(6-5-13-28)29-30-25(24)17-7-10-19(27)11-8-17;1-2/h4,7-12,14,16H,5-6,13,15,28H2,1-3H3,(H,29,30);1-2H3/b21-4-;. The van der Waals surface area contributed by atoms with Crippen LogP contribution in [0.4, 0.5) is 4.39 Å². The van der Waals surface area contributed by atoms with E-state index in [4.69, 9.17) is 15.2 Å². The van der Waals surface area contributed by atoms with Gasteiger partial charge in [-0.15, -0.1) is 0 Å². The van der Waals surface area contributed by atoms with Crippen molar-refractivity contribution in [3.05, 3.63) is 71.2 Å². The highest BCUT2D eigenvalue weighted by atomic mass is 19.1. The molecule has 3 aromatic rings. The Balaban J connectivity index is 0.00000235. The van der Waals surface area contributed by atoms with Crippen molar-refractivity contribution in [2.45, 2.75) is 40.2 Å². The molecule has 0 saturated heterocycles. The van der Waals surface area contributed by atoms with E-state index in [9.17, 15) is 14.0 Å². The van der Waals surface area contributed by atoms with Crippen LogP contribution in [0.25, 0.3) is 16.8 Å². The third-order valence-electron chi connectivity index (χ3n) is 5.60. The maximum Gasteiger partial charge on any atom is 0.260 e. The Morgan fingerprint density at radius 3 is 2.41 bits per heavy atom. The number of carbonyl (C=O) groups excluding carboxylic acids is 2. The van der Waals surface area contributed by atoms with Crippen LogP contribution in [0.5, 0.6) is 11.5 Å². The van der Waals surface area contributed by atoms with E-state index >= 15 is 0 Å². The normalized spacial score (nSPS) is 10.8. The van der Waals surface area contributed by atoms with Gasteiger partial charge in [-0.1, -0.05) is 19.9 Å². The van der Waals surface area contributed by atoms with Gasteiger partial charge in [0.05, 0.1) is 20.8 Å². The number of ether oxygens (including phenoxy) is 2. The number of aromatic nitrogens is 2. The number of allylic oxidation sites excluding steroid dienone is 1. The minimum atomic E-state index is -0.501. The monoisotopic (exact) mass is 510 g/mol. The number of aromatic amines is 1. The van der Waals surface area contributed by atoms with Crippen molar-refractivity contribution >= 4 is 17.9 Å². The first-order chi connectivity index (χ1) is 18.0. The molecule has 8 nitrogen and oxygen atoms in total. The van der Waals surface area contributed by atoms with Crippen LogP contribution < -0.4 is 15.2 Å². The number of methoxy groups -OCH3 is 2. The van der Waals surface area contributed by atoms with E-state index in [1.807, 2.05) is 13.8 Å². The number of nitrogens with one attached hydrogen (secondary N) is 1. The SMILES string of the molecule is C/C=C(\C(=O)N(C=O)Cc1ccc(OC)cc1OC)c1c(-c2ccc(F)cc2)n[nH]c1CCCN.CC. The Labute approximate surface area is 217 Å². The highest BCUT2D eigenvalue weighted by Gasteiger charge is 2.27. The number of halogens is 1. The zero-order chi connectivity index (χ0) is 27.4. The maximum atomic E-state index is 13.6. The van der Waals surface area contributed by atoms with Gasteiger partial charge < -0.3 is 15.2 Å². The molecular weight excluding hydrogens is 475 g/mol. The molecule has 3 rings (SSSR count). The van der Waals surface area contributed by atoms with Crippen molar-refractivity contribution in [3.8, 4) is 22.8 Å². The van der Waals surface area contributed by atoms with Crippen molar-refractivity contribution in [2.75, 3.05) is 20.8 Å². The molecule has 198 valence electrons. The summed E-state index contributed by atoms with van der Waals surface area (Å²) in [5.74, 6) is 0.205. The first-order valence-corrected chi connectivity index (χ1v) is 12.1. The van der Waals surface area contributed by atoms with Gasteiger partial charge >= 0.3 is 0 Å². The molecule has 3 N–H and O–H groups in total. The number of rotatable bonds is 11. The number of hydrogen-bond acceptors (Lipinski definition) is 6. The predicted octanol–water partition coefficient (Wildman–Crippen LogP) is 4.74. The molecule has 1 heterocycles. The molecule has 0 aliphatic rings. The van der Waals surface area contributed by atoms with Gasteiger partial charge in [-0.05, 0) is 62.7 Å². The fourth-order valence-corrected chi connectivity index (χ4v) is 3.80. The van der Waals surface area contributed by atoms with E-state index < -0.39 is 5.91 Å². The van der Waals surface area contributed by atoms with Crippen molar-refractivity contribution in [1.29, 1.82) is 0 Å². The van der Waals surface area contributed by atoms with Gasteiger partial charge in [-0.2, -0.15) is 5.10 Å². The Hall–Kier alpha value is -3.98. The van der Waals surface area contributed by atoms with E-state index in [2.05, 4.69) is 10.2 Å². The van der Waals surface area contributed by atoms with E-state index in [1.165, 1.54) is 19.2 Å². The number of hydrogen-bond donors (Lipinski definition) is 2. The summed E-state index contributed by atoms with van der Waals surface area (Å²) in [6.45, 7) is 6.17. The van der Waals surface area contributed by atoms with Crippen molar-refractivity contribution in [1.82, 2.24) is 15.1 Å². The zero-order valence-electron chi connectivity index (χ0n) is 22.0. The summed E-state index contributed by atoms with van der Waals surface area (Å²) in [6, 6.07) is 11.0. The average Bonchev–Trinajstić information content (AvgIpc) is 3.35. The van der Waals surface area contributed by atoms with Gasteiger partial charge in [-0.25, -0.2) is 4.39 Å². The summed E-state index contributed by atoms with van der Waals surface area (Å²) in [6.07, 6.45) is 3.36. The Bertz CT molecular complexity index is 1210. The van der Waals surface area contributed by atoms with Crippen molar-refractivity contribution in [2.24, 2.45) is 5.73 Å². The first kappa shape index (κ1) is 29.3. The second kappa shape index (κ2) is 14.5. The molecule has 0 bridgehead atoms. The third-order valence-corrected chi connectivity index (χ3v) is 5.60. The second-order valence-electron chi connectivity index (χ2n) is 7.74. The number of nitrogens with two attached hydrogens (primary N) is 1. The van der Waals surface area contributed by atoms with Crippen LogP contribution in [0.1, 0.15) is 44.0 Å². The van der Waals surface area contributed by atoms with Gasteiger partial charge in [0.15, 0.2) is 0 Å². The van der Waals surface area contributed by atoms with Crippen LogP contribution in [0, 0.1) is 5.82 Å². The van der Waals surface area contributed by atoms with Gasteiger partial charge in [0.25, 0.3) is 5.91 Å². The Kier molecular flexibility index (Phi) is 11.5. The van der Waals surface area contributed by atoms with E-state index in [-0.39, 0.29) is 12.4 Å². The second-order valence-corrected chi connectivity index (χ2v) is 7.74. The summed E-state index contributed by atoms with van der Waals surface area (Å²) in [5, 5.41) is 7.41. The quantitative estimate of drug-likeness (QED) is 0.285. The van der Waals surface area contributed by atoms with Crippen LogP contribution in [0.3, 0.4) is 0 Å². The first-order valence-electron chi connectivity index (χ1n) is 12.1. The Morgan fingerprint density at radius 2 is 1.84 bits per heavy atom. The van der Waals surface area contributed by atoms with Crippen LogP contribution in [0.15, 0.2) is 48.5 Å². The number of aryl methyl sites for hydroxylation is 1. The lowest BCUT2D eigenvalue weighted by molar-refractivity contribution is -0.134. The van der Waals surface area contributed by atoms with Crippen molar-refractivity contribution < 1.29 is 23.5 Å². The fraction of sp³-hybridized carbons (Fsp3) is 0.321. The number of amides is 2. The van der Waals surface area contributed by atoms with Crippen LogP contribution in [-0.4, -0.2) is 48.2 Å². The molecule has 0 radical (unpaired) electrons. The smallest absolute Gasteiger partial charge is 0.260 e. The zero-order valence-corrected chi connectivity index (χ0v) is 22.0. The minimum absolute atomic E-state index is 0.00525. The minimum Gasteiger partial charge on any atom is -0.497 e. The summed E-state index contributed by atoms with van der Waals surface area (Å²) < 4.78 is 24.2. The molecular formula is C28H35FN4O4. The largest absolute Gasteiger partial charge is 0.497 e. The lowest BCUT2D eigenvalue weighted by atomic mass is 9.95. The molecule has 0 atom stereocenters. The molecule has 37 heavy (non-hydrogen) atoms. The topological polar surface area (TPSA) is 111 Å². The summed E-state index contributed by atoms with van der Waals surface area (Å²) in [5.41, 5.74) is 9.04. The summed E-state index contributed by atoms with van der Waals surface area (Å²) in [7, 11) is 3.05. The molecule has 9 heteroatoms. The molecule has 2 amide bonds. The van der Waals surface area contributed by atoms with Gasteiger partial charge in [0.1, 0.15) is 23.0 Å². The van der Waals surface area contributed by atoms with Gasteiger partial charge in [-0.3, -0.25) is 19.6 Å². The average molecular weight is 511 g/mol. The van der Waals surface area contributed by atoms with Crippen LogP contribution >= 0.6 is 0 Å². The lowest BCUT2D eigenvalue weighted by Crippen LogP contribution is -2.30. The van der Waals surface area contributed by atoms with Gasteiger partial charge in [0.2, 0.25) is 6.41 Å². The molecule has 0 fully saturated rings. The highest BCUT2D eigenvalue weighted by molar-refractivity contribution is 6.23. The number of H-pyrrole nitrogens is 1. The van der Waals surface area contributed by atoms with E-state index in [1.54, 1.807) is 50.4 Å². The fourth-order valence-electron chi connectivity index (χ4n) is 3.80. The van der Waals surface area contributed by atoms with Gasteiger partial charge in [0, 0.05) is 34.0 Å². The molecule has 1 aromatic heterocycles. The Morgan fingerprint density at radius 1 is 1.14 bits per heavy atom. The molecule has 0 spiro atoms. The van der Waals surface area contributed by atoms with E-state index in [0.29, 0.717) is 70.9 Å². The molecule has 0 aliphatic heterocycles. The molecule has 2 aromatic carbocycles. The molecule has 0 unspecified atom stereocenters. The van der Waals surface area contributed by atoms with E-state index in [0.717, 1.165) is 4.90 Å². The highest BCUT2D eigenvalue weighted by Crippen LogP contribution is 2.33. The molecule has 0 saturated carbocycles. The van der Waals surface area contributed by atoms with Crippen LogP contribution in [-0.2, 0) is 22.6 Å². The maximum absolute atomic E-state index is 13.6. The number of nitrogens with zero attached hydrogens (tertiary/aromatic N) is 2. The van der Waals surface area contributed by atoms with Crippen molar-refractivity contribution in [3.63, 3.8) is 0 Å². The number of benzene rings is 2. The lowest BCUT2D eigenvalue weighted by Gasteiger charge is -2.20. The number of imide groups is 1. The summed E-state index contributed by atoms with van der Waals surface area (Å²) in [4.78, 5) is 26.8. The summed E-state index contributed by atoms with van der Waals surface area (Å²) >= 11 is 0. The molecule has 0 aliphatic carbocycles. The number of carbonyl (C=O) groups is 2. The third kappa shape index (κ3) is 7.04. The predicted molar refractivity (Wildman–Crippen MR) is 143 cm³/mol. The van der Waals surface area contributed by atoms with Crippen LogP contribution in [0.2, 0.25) is 0 Å².